The Morgan fingerprint density at radius 3 is 1.57 bits per heavy atom. The third-order valence-corrected chi connectivity index (χ3v) is 4.33. The largest absolute Gasteiger partial charge is 0.394 e. The van der Waals surface area contributed by atoms with Crippen molar-refractivity contribution in [3.8, 4) is 0 Å². The molecule has 2 aliphatic rings. The van der Waals surface area contributed by atoms with Crippen LogP contribution in [0.25, 0.3) is 0 Å². The molecule has 10 atom stereocenters. The first kappa shape index (κ1) is 19.3. The molecular weight excluding hydrogens is 336 g/mol. The van der Waals surface area contributed by atoms with Gasteiger partial charge in [0.25, 0.3) is 0 Å². The van der Waals surface area contributed by atoms with Crippen molar-refractivity contribution in [3.63, 3.8) is 0 Å². The maximum Gasteiger partial charge on any atom is 0.189 e. The molecule has 2 rings (SSSR count). The van der Waals surface area contributed by atoms with Crippen LogP contribution < -0.4 is 0 Å². The van der Waals surface area contributed by atoms with E-state index < -0.39 is 68.0 Å². The molecule has 2 heterocycles. The third-order valence-electron chi connectivity index (χ3n) is 3.97. The van der Waals surface area contributed by atoms with Crippen LogP contribution in [0.1, 0.15) is 0 Å². The molecule has 0 radical (unpaired) electrons. The maximum atomic E-state index is 9.90. The second kappa shape index (κ2) is 7.89. The number of thiol groups is 1. The predicted octanol–water partition coefficient (Wildman–Crippen LogP) is -4.46. The maximum absolute atomic E-state index is 9.90. The zero-order valence-electron chi connectivity index (χ0n) is 12.0. The molecule has 0 aromatic carbocycles. The Kier molecular flexibility index (Phi) is 6.61. The summed E-state index contributed by atoms with van der Waals surface area (Å²) >= 11 is 3.95. The fourth-order valence-corrected chi connectivity index (χ4v) is 2.79. The summed E-state index contributed by atoms with van der Waals surface area (Å²) in [5, 5.41) is 67.7. The van der Waals surface area contributed by atoms with Crippen LogP contribution in [0.4, 0.5) is 0 Å². The number of hydrogen-bond donors (Lipinski definition) is 8. The van der Waals surface area contributed by atoms with Crippen molar-refractivity contribution in [2.24, 2.45) is 0 Å². The number of rotatable bonds is 4. The molecule has 0 aromatic heterocycles. The van der Waals surface area contributed by atoms with Crippen molar-refractivity contribution in [2.45, 2.75) is 61.4 Å². The van der Waals surface area contributed by atoms with Gasteiger partial charge in [-0.1, -0.05) is 0 Å². The van der Waals surface area contributed by atoms with Crippen molar-refractivity contribution in [3.05, 3.63) is 0 Å². The van der Waals surface area contributed by atoms with Gasteiger partial charge in [-0.15, -0.1) is 0 Å². The molecule has 2 aliphatic heterocycles. The zero-order chi connectivity index (χ0) is 17.3. The van der Waals surface area contributed by atoms with Crippen molar-refractivity contribution in [1.29, 1.82) is 0 Å². The van der Waals surface area contributed by atoms with E-state index >= 15 is 0 Å². The highest BCUT2D eigenvalue weighted by Gasteiger charge is 2.49. The first-order chi connectivity index (χ1) is 10.8. The van der Waals surface area contributed by atoms with Gasteiger partial charge < -0.3 is 50.0 Å². The SMILES string of the molecule is OC[C@H]1O[C@H](O[C@H]2OC(CS)[C@@H](O)[C@H](O)[C@H]2O)[C@H](O)[C@@H](O)[C@@H]1O. The molecule has 7 N–H and O–H groups in total. The Labute approximate surface area is 137 Å². The molecule has 10 nitrogen and oxygen atoms in total. The average molecular weight is 358 g/mol. The van der Waals surface area contributed by atoms with E-state index in [9.17, 15) is 30.6 Å². The van der Waals surface area contributed by atoms with E-state index in [0.29, 0.717) is 0 Å². The summed E-state index contributed by atoms with van der Waals surface area (Å²) in [6.45, 7) is -0.639. The van der Waals surface area contributed by atoms with Gasteiger partial charge in [0.1, 0.15) is 42.7 Å². The monoisotopic (exact) mass is 358 g/mol. The number of ether oxygens (including phenoxy) is 3. The predicted molar refractivity (Wildman–Crippen MR) is 75.4 cm³/mol. The second-order valence-corrected chi connectivity index (χ2v) is 5.90. The van der Waals surface area contributed by atoms with E-state index in [1.165, 1.54) is 0 Å². The molecule has 2 saturated heterocycles. The smallest absolute Gasteiger partial charge is 0.189 e. The van der Waals surface area contributed by atoms with E-state index in [-0.39, 0.29) is 5.75 Å². The van der Waals surface area contributed by atoms with Crippen LogP contribution in [0.2, 0.25) is 0 Å². The second-order valence-electron chi connectivity index (χ2n) is 5.53. The lowest BCUT2D eigenvalue weighted by atomic mass is 9.98. The number of hydrogen-bond acceptors (Lipinski definition) is 11. The van der Waals surface area contributed by atoms with E-state index in [0.717, 1.165) is 0 Å². The lowest BCUT2D eigenvalue weighted by Crippen LogP contribution is -2.63. The highest BCUT2D eigenvalue weighted by molar-refractivity contribution is 7.80. The summed E-state index contributed by atoms with van der Waals surface area (Å²) in [7, 11) is 0. The lowest BCUT2D eigenvalue weighted by Gasteiger charge is -2.44. The first-order valence-electron chi connectivity index (χ1n) is 7.08. The van der Waals surface area contributed by atoms with Crippen LogP contribution in [0.5, 0.6) is 0 Å². The molecule has 2 fully saturated rings. The van der Waals surface area contributed by atoms with Crippen molar-refractivity contribution >= 4 is 12.6 Å². The van der Waals surface area contributed by atoms with Gasteiger partial charge in [0.05, 0.1) is 12.7 Å². The number of aliphatic hydroxyl groups is 7. The van der Waals surface area contributed by atoms with Gasteiger partial charge in [0, 0.05) is 5.75 Å². The van der Waals surface area contributed by atoms with Crippen LogP contribution in [0.3, 0.4) is 0 Å². The van der Waals surface area contributed by atoms with Crippen molar-refractivity contribution < 1.29 is 50.0 Å². The average Bonchev–Trinajstić information content (AvgIpc) is 2.55. The fraction of sp³-hybridized carbons (Fsp3) is 1.00. The quantitative estimate of drug-likeness (QED) is 0.229. The van der Waals surface area contributed by atoms with Gasteiger partial charge in [-0.05, 0) is 0 Å². The molecule has 0 saturated carbocycles. The Bertz CT molecular complexity index is 349. The summed E-state index contributed by atoms with van der Waals surface area (Å²) < 4.78 is 15.6. The third kappa shape index (κ3) is 3.80. The molecule has 23 heavy (non-hydrogen) atoms. The van der Waals surface area contributed by atoms with Gasteiger partial charge in [0.15, 0.2) is 12.6 Å². The van der Waals surface area contributed by atoms with Crippen LogP contribution in [0, 0.1) is 0 Å². The molecule has 0 amide bonds. The van der Waals surface area contributed by atoms with Gasteiger partial charge in [0.2, 0.25) is 0 Å². The highest BCUT2D eigenvalue weighted by atomic mass is 32.1. The Balaban J connectivity index is 2.07. The van der Waals surface area contributed by atoms with E-state index in [1.807, 2.05) is 0 Å². The minimum Gasteiger partial charge on any atom is -0.394 e. The topological polar surface area (TPSA) is 169 Å². The zero-order valence-corrected chi connectivity index (χ0v) is 12.9. The molecule has 1 unspecified atom stereocenters. The summed E-state index contributed by atoms with van der Waals surface area (Å²) in [5.41, 5.74) is 0. The molecule has 0 aromatic rings. The van der Waals surface area contributed by atoms with Crippen LogP contribution in [-0.4, -0.2) is 110 Å². The van der Waals surface area contributed by atoms with Gasteiger partial charge in [-0.25, -0.2) is 0 Å². The van der Waals surface area contributed by atoms with Crippen LogP contribution in [0.15, 0.2) is 0 Å². The van der Waals surface area contributed by atoms with Crippen molar-refractivity contribution in [1.82, 2.24) is 0 Å². The Hall–Kier alpha value is -0.0500. The van der Waals surface area contributed by atoms with Gasteiger partial charge >= 0.3 is 0 Å². The molecule has 0 aliphatic carbocycles. The molecule has 0 bridgehead atoms. The summed E-state index contributed by atoms with van der Waals surface area (Å²) in [4.78, 5) is 0. The molecular formula is C12H22O10S. The summed E-state index contributed by atoms with van der Waals surface area (Å²) in [6.07, 6.45) is -14.6. The Morgan fingerprint density at radius 2 is 1.13 bits per heavy atom. The van der Waals surface area contributed by atoms with Crippen molar-refractivity contribution in [2.75, 3.05) is 12.4 Å². The fourth-order valence-electron chi connectivity index (χ4n) is 2.49. The molecule has 0 spiro atoms. The van der Waals surface area contributed by atoms with Crippen LogP contribution in [-0.2, 0) is 14.2 Å². The van der Waals surface area contributed by atoms with Gasteiger partial charge in [-0.3, -0.25) is 0 Å². The molecule has 11 heteroatoms. The Morgan fingerprint density at radius 1 is 0.696 bits per heavy atom. The van der Waals surface area contributed by atoms with Gasteiger partial charge in [-0.2, -0.15) is 12.6 Å². The van der Waals surface area contributed by atoms with E-state index in [1.54, 1.807) is 0 Å². The minimum absolute atomic E-state index is 0.0273. The summed E-state index contributed by atoms with van der Waals surface area (Å²) in [5.74, 6) is 0.0273. The van der Waals surface area contributed by atoms with E-state index in [2.05, 4.69) is 12.6 Å². The minimum atomic E-state index is -1.68. The van der Waals surface area contributed by atoms with Crippen LogP contribution >= 0.6 is 12.6 Å². The summed E-state index contributed by atoms with van der Waals surface area (Å²) in [6, 6.07) is 0. The number of aliphatic hydroxyl groups excluding tert-OH is 7. The molecule has 136 valence electrons. The lowest BCUT2D eigenvalue weighted by molar-refractivity contribution is -0.373. The highest BCUT2D eigenvalue weighted by Crippen LogP contribution is 2.28. The first-order valence-corrected chi connectivity index (χ1v) is 7.71. The standard InChI is InChI=1S/C12H22O10S/c13-1-3-5(14)7(16)9(18)11(20-3)22-12-10(19)8(17)6(15)4(2-23)21-12/h3-19,23H,1-2H2/t3-,4?,5-,6-,7+,8+,9-,10-,11-,12-/m1/s1. The normalized spacial score (nSPS) is 51.7. The van der Waals surface area contributed by atoms with E-state index in [4.69, 9.17) is 19.3 Å².